The van der Waals surface area contributed by atoms with Gasteiger partial charge in [0.1, 0.15) is 0 Å². The quantitative estimate of drug-likeness (QED) is 0.681. The van der Waals surface area contributed by atoms with Crippen LogP contribution < -0.4 is 0 Å². The van der Waals surface area contributed by atoms with Gasteiger partial charge in [-0.15, -0.1) is 11.3 Å². The molecule has 1 nitrogen and oxygen atoms in total. The van der Waals surface area contributed by atoms with Gasteiger partial charge in [0.05, 0.1) is 5.69 Å². The number of rotatable bonds is 0. The minimum atomic E-state index is 0.649. The summed E-state index contributed by atoms with van der Waals surface area (Å²) >= 11 is 5.25. The van der Waals surface area contributed by atoms with E-state index in [1.54, 1.807) is 11.3 Å². The number of hydrogen-bond acceptors (Lipinski definition) is 2. The predicted molar refractivity (Wildman–Crippen MR) is 55.7 cm³/mol. The number of aryl methyl sites for hydroxylation is 1. The van der Waals surface area contributed by atoms with E-state index in [1.807, 2.05) is 0 Å². The van der Waals surface area contributed by atoms with Gasteiger partial charge >= 0.3 is 0 Å². The van der Waals surface area contributed by atoms with Gasteiger partial charge in [-0.25, -0.2) is 4.98 Å². The molecule has 0 aliphatic heterocycles. The molecule has 1 aromatic rings. The van der Waals surface area contributed by atoms with Crippen LogP contribution in [-0.4, -0.2) is 4.98 Å². The average molecular weight is 246 g/mol. The predicted octanol–water partition coefficient (Wildman–Crippen LogP) is 3.59. The zero-order valence-electron chi connectivity index (χ0n) is 7.30. The second-order valence-corrected chi connectivity index (χ2v) is 5.94. The summed E-state index contributed by atoms with van der Waals surface area (Å²) in [7, 11) is 0. The molecule has 0 aromatic carbocycles. The van der Waals surface area contributed by atoms with Gasteiger partial charge in [0.25, 0.3) is 0 Å². The Labute approximate surface area is 85.3 Å². The van der Waals surface area contributed by atoms with Gasteiger partial charge in [-0.1, -0.05) is 13.8 Å². The van der Waals surface area contributed by atoms with Crippen molar-refractivity contribution in [3.8, 4) is 0 Å². The standard InChI is InChI=1S/C9H12BrNS/c1-5-3-4-7-8(6(5)2)11-9(10)12-7/h5-6H,3-4H2,1-2H3. The van der Waals surface area contributed by atoms with Crippen LogP contribution in [0.2, 0.25) is 0 Å². The first kappa shape index (κ1) is 8.70. The van der Waals surface area contributed by atoms with Crippen LogP contribution in [0.4, 0.5) is 0 Å². The van der Waals surface area contributed by atoms with Crippen LogP contribution in [0, 0.1) is 5.92 Å². The summed E-state index contributed by atoms with van der Waals surface area (Å²) in [6.45, 7) is 4.61. The number of fused-ring (bicyclic) bond motifs is 1. The first-order valence-corrected chi connectivity index (χ1v) is 5.94. The lowest BCUT2D eigenvalue weighted by molar-refractivity contribution is 0.422. The minimum absolute atomic E-state index is 0.649. The Balaban J connectivity index is 2.41. The summed E-state index contributed by atoms with van der Waals surface area (Å²) < 4.78 is 1.05. The largest absolute Gasteiger partial charge is 0.234 e. The van der Waals surface area contributed by atoms with Gasteiger partial charge < -0.3 is 0 Å². The van der Waals surface area contributed by atoms with Crippen LogP contribution in [-0.2, 0) is 6.42 Å². The minimum Gasteiger partial charge on any atom is -0.234 e. The molecule has 1 aromatic heterocycles. The summed E-state index contributed by atoms with van der Waals surface area (Å²) in [5, 5.41) is 0. The Bertz CT molecular complexity index is 295. The molecule has 0 radical (unpaired) electrons. The van der Waals surface area contributed by atoms with E-state index in [4.69, 9.17) is 0 Å². The van der Waals surface area contributed by atoms with Crippen LogP contribution in [0.5, 0.6) is 0 Å². The Morgan fingerprint density at radius 1 is 1.50 bits per heavy atom. The Kier molecular flexibility index (Phi) is 2.25. The number of halogens is 1. The van der Waals surface area contributed by atoms with Crippen molar-refractivity contribution < 1.29 is 0 Å². The van der Waals surface area contributed by atoms with E-state index in [0.29, 0.717) is 5.92 Å². The van der Waals surface area contributed by atoms with Crippen molar-refractivity contribution >= 4 is 27.3 Å². The number of nitrogens with zero attached hydrogens (tertiary/aromatic N) is 1. The maximum absolute atomic E-state index is 4.52. The van der Waals surface area contributed by atoms with Crippen molar-refractivity contribution in [2.24, 2.45) is 5.92 Å². The molecule has 0 bridgehead atoms. The zero-order valence-corrected chi connectivity index (χ0v) is 9.70. The van der Waals surface area contributed by atoms with E-state index in [1.165, 1.54) is 23.4 Å². The van der Waals surface area contributed by atoms with Crippen molar-refractivity contribution in [2.75, 3.05) is 0 Å². The van der Waals surface area contributed by atoms with Gasteiger partial charge in [-0.2, -0.15) is 0 Å². The third-order valence-electron chi connectivity index (χ3n) is 2.81. The fourth-order valence-electron chi connectivity index (χ4n) is 1.75. The summed E-state index contributed by atoms with van der Waals surface area (Å²) in [5.41, 5.74) is 1.34. The van der Waals surface area contributed by atoms with E-state index < -0.39 is 0 Å². The monoisotopic (exact) mass is 245 g/mol. The smallest absolute Gasteiger partial charge is 0.159 e. The van der Waals surface area contributed by atoms with Crippen molar-refractivity contribution in [3.63, 3.8) is 0 Å². The fraction of sp³-hybridized carbons (Fsp3) is 0.667. The lowest BCUT2D eigenvalue weighted by Gasteiger charge is -2.24. The highest BCUT2D eigenvalue weighted by Gasteiger charge is 2.26. The molecule has 3 heteroatoms. The highest BCUT2D eigenvalue weighted by molar-refractivity contribution is 9.11. The third kappa shape index (κ3) is 1.33. The summed E-state index contributed by atoms with van der Waals surface area (Å²) in [6, 6.07) is 0. The summed E-state index contributed by atoms with van der Waals surface area (Å²) in [4.78, 5) is 6.01. The molecule has 66 valence electrons. The molecule has 2 unspecified atom stereocenters. The molecular weight excluding hydrogens is 234 g/mol. The zero-order chi connectivity index (χ0) is 8.72. The van der Waals surface area contributed by atoms with Crippen LogP contribution in [0.3, 0.4) is 0 Å². The van der Waals surface area contributed by atoms with E-state index in [2.05, 4.69) is 34.8 Å². The van der Waals surface area contributed by atoms with Gasteiger partial charge in [0.15, 0.2) is 3.92 Å². The maximum atomic E-state index is 4.52. The van der Waals surface area contributed by atoms with Gasteiger partial charge in [-0.05, 0) is 34.7 Å². The first-order chi connectivity index (χ1) is 5.68. The molecule has 0 saturated heterocycles. The molecule has 2 rings (SSSR count). The molecule has 0 saturated carbocycles. The second kappa shape index (κ2) is 3.11. The molecule has 1 aliphatic carbocycles. The molecule has 2 atom stereocenters. The lowest BCUT2D eigenvalue weighted by Crippen LogP contribution is -2.14. The molecular formula is C9H12BrNS. The Morgan fingerprint density at radius 2 is 2.25 bits per heavy atom. The van der Waals surface area contributed by atoms with Gasteiger partial charge in [0, 0.05) is 10.8 Å². The highest BCUT2D eigenvalue weighted by Crippen LogP contribution is 2.39. The lowest BCUT2D eigenvalue weighted by atomic mass is 9.83. The van der Waals surface area contributed by atoms with E-state index in [-0.39, 0.29) is 0 Å². The number of hydrogen-bond donors (Lipinski definition) is 0. The van der Waals surface area contributed by atoms with E-state index >= 15 is 0 Å². The molecule has 12 heavy (non-hydrogen) atoms. The number of aromatic nitrogens is 1. The van der Waals surface area contributed by atoms with Crippen LogP contribution in [0.15, 0.2) is 3.92 Å². The van der Waals surface area contributed by atoms with E-state index in [9.17, 15) is 0 Å². The topological polar surface area (TPSA) is 12.9 Å². The first-order valence-electron chi connectivity index (χ1n) is 4.33. The molecule has 1 heterocycles. The summed E-state index contributed by atoms with van der Waals surface area (Å²) in [6.07, 6.45) is 2.55. The Hall–Kier alpha value is 0.110. The molecule has 0 spiro atoms. The van der Waals surface area contributed by atoms with Crippen LogP contribution in [0.1, 0.15) is 36.8 Å². The normalized spacial score (nSPS) is 28.6. The Morgan fingerprint density at radius 3 is 3.00 bits per heavy atom. The highest BCUT2D eigenvalue weighted by atomic mass is 79.9. The average Bonchev–Trinajstić information content (AvgIpc) is 2.39. The summed E-state index contributed by atoms with van der Waals surface area (Å²) in [5.74, 6) is 1.45. The van der Waals surface area contributed by atoms with Crippen LogP contribution >= 0.6 is 27.3 Å². The molecule has 1 aliphatic rings. The van der Waals surface area contributed by atoms with Crippen molar-refractivity contribution in [3.05, 3.63) is 14.5 Å². The van der Waals surface area contributed by atoms with Gasteiger partial charge in [0.2, 0.25) is 0 Å². The fourth-order valence-corrected chi connectivity index (χ4v) is 3.43. The van der Waals surface area contributed by atoms with E-state index in [0.717, 1.165) is 9.83 Å². The van der Waals surface area contributed by atoms with Crippen molar-refractivity contribution in [2.45, 2.75) is 32.6 Å². The molecule has 0 fully saturated rings. The second-order valence-electron chi connectivity index (χ2n) is 3.58. The van der Waals surface area contributed by atoms with Crippen molar-refractivity contribution in [1.82, 2.24) is 4.98 Å². The molecule has 0 N–H and O–H groups in total. The van der Waals surface area contributed by atoms with Gasteiger partial charge in [-0.3, -0.25) is 0 Å². The maximum Gasteiger partial charge on any atom is 0.159 e. The third-order valence-corrected chi connectivity index (χ3v) is 4.40. The SMILES string of the molecule is CC1CCc2sc(Br)nc2C1C. The molecule has 0 amide bonds. The number of thiazole rings is 1. The van der Waals surface area contributed by atoms with Crippen molar-refractivity contribution in [1.29, 1.82) is 0 Å². The van der Waals surface area contributed by atoms with Crippen LogP contribution in [0.25, 0.3) is 0 Å².